The van der Waals surface area contributed by atoms with Gasteiger partial charge < -0.3 is 9.84 Å². The van der Waals surface area contributed by atoms with Crippen molar-refractivity contribution in [2.45, 2.75) is 32.4 Å². The van der Waals surface area contributed by atoms with Gasteiger partial charge in [0.25, 0.3) is 0 Å². The highest BCUT2D eigenvalue weighted by Gasteiger charge is 2.06. The SMILES string of the molecule is CCc1ccc(CCl)c(OC(C)O)c1. The van der Waals surface area contributed by atoms with Gasteiger partial charge >= 0.3 is 0 Å². The van der Waals surface area contributed by atoms with Crippen molar-refractivity contribution < 1.29 is 9.84 Å². The molecular weight excluding hydrogens is 200 g/mol. The van der Waals surface area contributed by atoms with Crippen LogP contribution in [0.2, 0.25) is 0 Å². The van der Waals surface area contributed by atoms with Crippen LogP contribution in [0.25, 0.3) is 0 Å². The van der Waals surface area contributed by atoms with Gasteiger partial charge in [-0.3, -0.25) is 0 Å². The molecule has 0 saturated carbocycles. The molecule has 1 N–H and O–H groups in total. The minimum atomic E-state index is -0.802. The van der Waals surface area contributed by atoms with Crippen LogP contribution in [0.3, 0.4) is 0 Å². The largest absolute Gasteiger partial charge is 0.465 e. The topological polar surface area (TPSA) is 29.5 Å². The fraction of sp³-hybridized carbons (Fsp3) is 0.455. The molecule has 2 nitrogen and oxygen atoms in total. The molecule has 0 heterocycles. The molecule has 78 valence electrons. The summed E-state index contributed by atoms with van der Waals surface area (Å²) in [5.74, 6) is 1.07. The second kappa shape index (κ2) is 5.23. The van der Waals surface area contributed by atoms with E-state index in [1.54, 1.807) is 6.92 Å². The summed E-state index contributed by atoms with van der Waals surface area (Å²) in [7, 11) is 0. The van der Waals surface area contributed by atoms with E-state index in [-0.39, 0.29) is 0 Å². The predicted octanol–water partition coefficient (Wildman–Crippen LogP) is 2.70. The first-order valence-corrected chi connectivity index (χ1v) is 5.23. The second-order valence-electron chi connectivity index (χ2n) is 3.15. The maximum Gasteiger partial charge on any atom is 0.194 e. The van der Waals surface area contributed by atoms with Gasteiger partial charge in [-0.15, -0.1) is 11.6 Å². The number of ether oxygens (including phenoxy) is 1. The van der Waals surface area contributed by atoms with Crippen LogP contribution in [0.15, 0.2) is 18.2 Å². The molecule has 1 atom stereocenters. The normalized spacial score (nSPS) is 12.6. The molecule has 3 heteroatoms. The third-order valence-electron chi connectivity index (χ3n) is 1.98. The minimum absolute atomic E-state index is 0.395. The molecule has 1 rings (SSSR count). The zero-order chi connectivity index (χ0) is 10.6. The molecule has 0 spiro atoms. The average molecular weight is 215 g/mol. The smallest absolute Gasteiger partial charge is 0.194 e. The van der Waals surface area contributed by atoms with E-state index in [9.17, 15) is 0 Å². The Kier molecular flexibility index (Phi) is 4.23. The Morgan fingerprint density at radius 1 is 1.50 bits per heavy atom. The molecule has 0 radical (unpaired) electrons. The maximum atomic E-state index is 9.12. The Balaban J connectivity index is 2.96. The van der Waals surface area contributed by atoms with Gasteiger partial charge in [-0.25, -0.2) is 0 Å². The molecule has 0 aliphatic rings. The molecule has 0 aromatic heterocycles. The van der Waals surface area contributed by atoms with Gasteiger partial charge in [0.1, 0.15) is 5.75 Å². The monoisotopic (exact) mass is 214 g/mol. The third-order valence-corrected chi connectivity index (χ3v) is 2.27. The maximum absolute atomic E-state index is 9.12. The lowest BCUT2D eigenvalue weighted by Gasteiger charge is -2.13. The standard InChI is InChI=1S/C11H15ClO2/c1-3-9-4-5-10(7-12)11(6-9)14-8(2)13/h4-6,8,13H,3,7H2,1-2H3. The summed E-state index contributed by atoms with van der Waals surface area (Å²) in [5.41, 5.74) is 2.08. The zero-order valence-electron chi connectivity index (χ0n) is 8.46. The summed E-state index contributed by atoms with van der Waals surface area (Å²) in [6.07, 6.45) is 0.141. The molecule has 0 bridgehead atoms. The number of rotatable bonds is 4. The number of benzene rings is 1. The number of hydrogen-bond acceptors (Lipinski definition) is 2. The van der Waals surface area contributed by atoms with Crippen LogP contribution in [0.4, 0.5) is 0 Å². The second-order valence-corrected chi connectivity index (χ2v) is 3.41. The summed E-state index contributed by atoms with van der Waals surface area (Å²) in [6.45, 7) is 3.65. The van der Waals surface area contributed by atoms with Crippen molar-refractivity contribution in [2.24, 2.45) is 0 Å². The van der Waals surface area contributed by atoms with Crippen molar-refractivity contribution in [1.82, 2.24) is 0 Å². The van der Waals surface area contributed by atoms with Crippen LogP contribution in [0.1, 0.15) is 25.0 Å². The van der Waals surface area contributed by atoms with Crippen LogP contribution in [-0.4, -0.2) is 11.4 Å². The van der Waals surface area contributed by atoms with Gasteiger partial charge in [-0.05, 0) is 25.0 Å². The molecule has 1 unspecified atom stereocenters. The fourth-order valence-corrected chi connectivity index (χ4v) is 1.44. The molecule has 1 aromatic rings. The van der Waals surface area contributed by atoms with Crippen LogP contribution in [0, 0.1) is 0 Å². The first-order chi connectivity index (χ1) is 6.67. The summed E-state index contributed by atoms with van der Waals surface area (Å²) < 4.78 is 5.25. The van der Waals surface area contributed by atoms with Gasteiger partial charge in [-0.2, -0.15) is 0 Å². The summed E-state index contributed by atoms with van der Waals surface area (Å²) >= 11 is 5.75. The highest BCUT2D eigenvalue weighted by atomic mass is 35.5. The molecule has 0 aliphatic heterocycles. The highest BCUT2D eigenvalue weighted by molar-refractivity contribution is 6.17. The van der Waals surface area contributed by atoms with Crippen molar-refractivity contribution in [1.29, 1.82) is 0 Å². The van der Waals surface area contributed by atoms with E-state index in [0.29, 0.717) is 11.6 Å². The van der Waals surface area contributed by atoms with E-state index in [1.165, 1.54) is 5.56 Å². The molecule has 0 saturated heterocycles. The summed E-state index contributed by atoms with van der Waals surface area (Å²) in [5, 5.41) is 9.12. The molecule has 0 amide bonds. The van der Waals surface area contributed by atoms with Crippen LogP contribution in [0.5, 0.6) is 5.75 Å². The predicted molar refractivity (Wildman–Crippen MR) is 57.7 cm³/mol. The van der Waals surface area contributed by atoms with Crippen LogP contribution in [-0.2, 0) is 12.3 Å². The number of halogens is 1. The summed E-state index contributed by atoms with van der Waals surface area (Å²) in [6, 6.07) is 5.88. The van der Waals surface area contributed by atoms with E-state index >= 15 is 0 Å². The fourth-order valence-electron chi connectivity index (χ4n) is 1.22. The Labute approximate surface area is 89.5 Å². The molecule has 1 aromatic carbocycles. The first-order valence-electron chi connectivity index (χ1n) is 4.69. The Hall–Kier alpha value is -0.730. The number of hydrogen-bond donors (Lipinski definition) is 1. The van der Waals surface area contributed by atoms with Gasteiger partial charge in [0, 0.05) is 5.56 Å². The molecule has 0 aliphatic carbocycles. The van der Waals surface area contributed by atoms with Crippen molar-refractivity contribution >= 4 is 11.6 Å². The van der Waals surface area contributed by atoms with E-state index in [4.69, 9.17) is 21.4 Å². The van der Waals surface area contributed by atoms with E-state index in [2.05, 4.69) is 6.92 Å². The van der Waals surface area contributed by atoms with E-state index in [1.807, 2.05) is 18.2 Å². The lowest BCUT2D eigenvalue weighted by Crippen LogP contribution is -2.11. The number of alkyl halides is 1. The number of aryl methyl sites for hydroxylation is 1. The highest BCUT2D eigenvalue weighted by Crippen LogP contribution is 2.23. The summed E-state index contributed by atoms with van der Waals surface area (Å²) in [4.78, 5) is 0. The van der Waals surface area contributed by atoms with E-state index < -0.39 is 6.29 Å². The van der Waals surface area contributed by atoms with E-state index in [0.717, 1.165) is 12.0 Å². The van der Waals surface area contributed by atoms with Crippen molar-refractivity contribution in [2.75, 3.05) is 0 Å². The van der Waals surface area contributed by atoms with Gasteiger partial charge in [0.05, 0.1) is 5.88 Å². The Bertz CT molecular complexity index is 297. The van der Waals surface area contributed by atoms with Gasteiger partial charge in [-0.1, -0.05) is 19.1 Å². The van der Waals surface area contributed by atoms with Crippen LogP contribution < -0.4 is 4.74 Å². The third kappa shape index (κ3) is 2.89. The minimum Gasteiger partial charge on any atom is -0.465 e. The molecule has 14 heavy (non-hydrogen) atoms. The quantitative estimate of drug-likeness (QED) is 0.617. The Morgan fingerprint density at radius 3 is 2.71 bits per heavy atom. The molecular formula is C11H15ClO2. The van der Waals surface area contributed by atoms with Gasteiger partial charge in [0.15, 0.2) is 6.29 Å². The lowest BCUT2D eigenvalue weighted by molar-refractivity contribution is -0.000898. The van der Waals surface area contributed by atoms with Crippen LogP contribution >= 0.6 is 11.6 Å². The number of aliphatic hydroxyl groups is 1. The Morgan fingerprint density at radius 2 is 2.21 bits per heavy atom. The number of aliphatic hydroxyl groups excluding tert-OH is 1. The van der Waals surface area contributed by atoms with Crippen molar-refractivity contribution in [3.63, 3.8) is 0 Å². The average Bonchev–Trinajstić information content (AvgIpc) is 2.16. The molecule has 0 fully saturated rings. The zero-order valence-corrected chi connectivity index (χ0v) is 9.21. The van der Waals surface area contributed by atoms with Crippen molar-refractivity contribution in [3.8, 4) is 5.75 Å². The van der Waals surface area contributed by atoms with Gasteiger partial charge in [0.2, 0.25) is 0 Å². The van der Waals surface area contributed by atoms with Crippen molar-refractivity contribution in [3.05, 3.63) is 29.3 Å². The lowest BCUT2D eigenvalue weighted by atomic mass is 10.1. The first kappa shape index (κ1) is 11.3.